The van der Waals surface area contributed by atoms with Gasteiger partial charge in [-0.3, -0.25) is 23.3 Å². The smallest absolute Gasteiger partial charge is 0.387 e. The SMILES string of the molecule is COc1cc(-c2cnc3cc(F)ccn23)cc(OC(F)F)c1C(=O)CC1CC1.COc1cc(-c2cnc3cc(OC[C@@H]4CC(F)(F)CN4C)ccn23)cc(OC(F)F)c1C(=O)CC1CC1. The number of halogens is 7. The normalized spacial score (nSPS) is 17.1. The van der Waals surface area contributed by atoms with Gasteiger partial charge >= 0.3 is 13.2 Å². The van der Waals surface area contributed by atoms with Crippen LogP contribution in [0.25, 0.3) is 33.8 Å². The lowest BCUT2D eigenvalue weighted by molar-refractivity contribution is -0.0509. The number of imidazole rings is 2. The van der Waals surface area contributed by atoms with E-state index in [4.69, 9.17) is 18.9 Å². The van der Waals surface area contributed by atoms with Crippen LogP contribution in [-0.2, 0) is 0 Å². The van der Waals surface area contributed by atoms with Crippen LogP contribution in [0.5, 0.6) is 28.7 Å². The molecule has 9 rings (SSSR count). The first-order valence-corrected chi connectivity index (χ1v) is 20.8. The van der Waals surface area contributed by atoms with E-state index in [1.54, 1.807) is 57.4 Å². The zero-order valence-electron chi connectivity index (χ0n) is 35.4. The summed E-state index contributed by atoms with van der Waals surface area (Å²) in [5.74, 6) is -2.94. The maximum Gasteiger partial charge on any atom is 0.387 e. The molecule has 0 amide bonds. The van der Waals surface area contributed by atoms with Crippen LogP contribution in [-0.4, -0.2) is 94.8 Å². The summed E-state index contributed by atoms with van der Waals surface area (Å²) in [6.45, 7) is -6.40. The first-order chi connectivity index (χ1) is 31.1. The first-order valence-electron chi connectivity index (χ1n) is 20.8. The highest BCUT2D eigenvalue weighted by atomic mass is 19.3. The fourth-order valence-corrected chi connectivity index (χ4v) is 7.97. The second kappa shape index (κ2) is 18.6. The second-order valence-electron chi connectivity index (χ2n) is 16.4. The molecule has 0 unspecified atom stereocenters. The van der Waals surface area contributed by atoms with Crippen LogP contribution in [0.1, 0.15) is 65.7 Å². The number of aromatic nitrogens is 4. The molecule has 3 aliphatic rings. The Bertz CT molecular complexity index is 2720. The molecule has 4 aromatic heterocycles. The molecule has 2 aromatic carbocycles. The number of pyridine rings is 2. The molecule has 12 nitrogen and oxygen atoms in total. The number of Topliss-reactive ketones (excluding diaryl/α,β-unsaturated/α-hetero) is 2. The Balaban J connectivity index is 0.000000184. The van der Waals surface area contributed by atoms with Gasteiger partial charge in [0.2, 0.25) is 0 Å². The predicted octanol–water partition coefficient (Wildman–Crippen LogP) is 10.0. The van der Waals surface area contributed by atoms with E-state index in [-0.39, 0.29) is 89.9 Å². The lowest BCUT2D eigenvalue weighted by Gasteiger charge is -2.18. The number of likely N-dealkylation sites (N-methyl/N-ethyl adjacent to an activating group) is 1. The molecule has 1 aliphatic heterocycles. The fraction of sp³-hybridized carbons (Fsp3) is 0.391. The van der Waals surface area contributed by atoms with Crippen molar-refractivity contribution in [1.29, 1.82) is 0 Å². The van der Waals surface area contributed by atoms with Gasteiger partial charge < -0.3 is 23.7 Å². The minimum Gasteiger partial charge on any atom is -0.496 e. The highest BCUT2D eigenvalue weighted by Crippen LogP contribution is 2.42. The van der Waals surface area contributed by atoms with Crippen LogP contribution in [0, 0.1) is 17.7 Å². The lowest BCUT2D eigenvalue weighted by atomic mass is 10.00. The van der Waals surface area contributed by atoms with Crippen LogP contribution < -0.4 is 23.7 Å². The standard InChI is InChI=1S/C26H27F4N3O4.C20H17F3N2O3/c1-32-14-26(29,30)11-17(32)13-36-18-5-6-33-19(12-31-23(33)10-18)16-8-21(35-2)24(20(34)7-15-3-4-15)22(9-16)37-25(27)28;1-27-16-7-12(14-10-24-18-9-13(21)4-5-25(14)18)8-17(28-20(22)23)19(16)15(26)6-11-2-3-11/h5-6,8-10,12,15,17,25H,3-4,7,11,13-14H2,1-2H3;4-5,7-11,20H,2-3,6H2,1H3/t17-;/m0./s1. The summed E-state index contributed by atoms with van der Waals surface area (Å²) in [6.07, 6.45) is 10.3. The van der Waals surface area contributed by atoms with Gasteiger partial charge in [0.1, 0.15) is 63.6 Å². The number of carbonyl (C=O) groups excluding carboxylic acids is 2. The van der Waals surface area contributed by atoms with Crippen molar-refractivity contribution in [3.05, 3.63) is 90.3 Å². The van der Waals surface area contributed by atoms with Crippen molar-refractivity contribution in [2.45, 2.75) is 70.1 Å². The molecule has 0 radical (unpaired) electrons. The molecule has 1 atom stereocenters. The average Bonchev–Trinajstić information content (AvgIpc) is 4.15. The lowest BCUT2D eigenvalue weighted by Crippen LogP contribution is -2.30. The largest absolute Gasteiger partial charge is 0.496 e. The zero-order valence-corrected chi connectivity index (χ0v) is 35.4. The average molecular weight is 912 g/mol. The number of likely N-dealkylation sites (tertiary alicyclic amines) is 1. The molecular formula is C46H44F7N5O7. The van der Waals surface area contributed by atoms with E-state index in [9.17, 15) is 40.3 Å². The van der Waals surface area contributed by atoms with Crippen LogP contribution in [0.4, 0.5) is 30.7 Å². The number of ketones is 2. The Hall–Kier alpha value is -6.37. The summed E-state index contributed by atoms with van der Waals surface area (Å²) >= 11 is 0. The van der Waals surface area contributed by atoms with Gasteiger partial charge in [0.25, 0.3) is 5.92 Å². The van der Waals surface area contributed by atoms with Crippen molar-refractivity contribution >= 4 is 22.9 Å². The van der Waals surface area contributed by atoms with Gasteiger partial charge in [-0.15, -0.1) is 0 Å². The van der Waals surface area contributed by atoms with Crippen molar-refractivity contribution in [1.82, 2.24) is 23.7 Å². The number of rotatable bonds is 17. The van der Waals surface area contributed by atoms with Crippen molar-refractivity contribution < 1.29 is 64.0 Å². The Labute approximate surface area is 367 Å². The van der Waals surface area contributed by atoms with Gasteiger partial charge in [-0.25, -0.2) is 23.1 Å². The van der Waals surface area contributed by atoms with E-state index in [0.29, 0.717) is 39.6 Å². The summed E-state index contributed by atoms with van der Waals surface area (Å²) in [7, 11) is 4.38. The van der Waals surface area contributed by atoms with Gasteiger partial charge in [0, 0.05) is 61.0 Å². The maximum atomic E-state index is 13.6. The molecule has 2 saturated carbocycles. The highest BCUT2D eigenvalue weighted by molar-refractivity contribution is 6.03. The Morgan fingerprint density at radius 2 is 1.20 bits per heavy atom. The number of fused-ring (bicyclic) bond motifs is 2. The molecule has 6 aromatic rings. The maximum absolute atomic E-state index is 13.6. The molecule has 5 heterocycles. The number of methoxy groups -OCH3 is 2. The molecule has 2 aliphatic carbocycles. The number of carbonyl (C=O) groups is 2. The summed E-state index contributed by atoms with van der Waals surface area (Å²) in [5.41, 5.74) is 2.87. The number of hydrogen-bond donors (Lipinski definition) is 0. The number of alkyl halides is 6. The Kier molecular flexibility index (Phi) is 12.9. The van der Waals surface area contributed by atoms with Gasteiger partial charge in [0.15, 0.2) is 11.6 Å². The van der Waals surface area contributed by atoms with Crippen LogP contribution in [0.3, 0.4) is 0 Å². The molecule has 3 fully saturated rings. The fourth-order valence-electron chi connectivity index (χ4n) is 7.97. The first kappa shape index (κ1) is 45.2. The molecular weight excluding hydrogens is 868 g/mol. The second-order valence-corrected chi connectivity index (χ2v) is 16.4. The molecule has 344 valence electrons. The van der Waals surface area contributed by atoms with Crippen LogP contribution >= 0.6 is 0 Å². The Morgan fingerprint density at radius 1 is 0.723 bits per heavy atom. The highest BCUT2D eigenvalue weighted by Gasteiger charge is 2.43. The third kappa shape index (κ3) is 10.5. The van der Waals surface area contributed by atoms with Crippen LogP contribution in [0.2, 0.25) is 0 Å². The summed E-state index contributed by atoms with van der Waals surface area (Å²) in [6, 6.07) is 11.4. The number of hydrogen-bond acceptors (Lipinski definition) is 10. The predicted molar refractivity (Wildman–Crippen MR) is 222 cm³/mol. The molecule has 65 heavy (non-hydrogen) atoms. The summed E-state index contributed by atoms with van der Waals surface area (Å²) in [5, 5.41) is 0. The van der Waals surface area contributed by atoms with Gasteiger partial charge in [0.05, 0.1) is 44.5 Å². The van der Waals surface area contributed by atoms with Crippen molar-refractivity contribution in [3.8, 4) is 51.3 Å². The third-order valence-corrected chi connectivity index (χ3v) is 11.5. The van der Waals surface area contributed by atoms with E-state index in [2.05, 4.69) is 14.7 Å². The van der Waals surface area contributed by atoms with E-state index in [0.717, 1.165) is 25.7 Å². The van der Waals surface area contributed by atoms with Gasteiger partial charge in [-0.05, 0) is 81.0 Å². The molecule has 0 bridgehead atoms. The third-order valence-electron chi connectivity index (χ3n) is 11.5. The number of ether oxygens (including phenoxy) is 5. The number of nitrogens with zero attached hydrogens (tertiary/aromatic N) is 5. The van der Waals surface area contributed by atoms with Crippen LogP contribution in [0.15, 0.2) is 73.3 Å². The van der Waals surface area contributed by atoms with E-state index in [1.807, 2.05) is 0 Å². The summed E-state index contributed by atoms with van der Waals surface area (Å²) in [4.78, 5) is 35.6. The van der Waals surface area contributed by atoms with Gasteiger partial charge in [-0.1, -0.05) is 0 Å². The number of benzene rings is 2. The van der Waals surface area contributed by atoms with E-state index >= 15 is 0 Å². The minimum atomic E-state index is -3.12. The van der Waals surface area contributed by atoms with Crippen molar-refractivity contribution in [2.24, 2.45) is 11.8 Å². The van der Waals surface area contributed by atoms with Crippen molar-refractivity contribution in [2.75, 3.05) is 34.4 Å². The van der Waals surface area contributed by atoms with E-state index < -0.39 is 31.0 Å². The Morgan fingerprint density at radius 3 is 1.65 bits per heavy atom. The van der Waals surface area contributed by atoms with E-state index in [1.165, 1.54) is 50.9 Å². The molecule has 0 spiro atoms. The zero-order chi connectivity index (χ0) is 46.2. The van der Waals surface area contributed by atoms with Gasteiger partial charge in [-0.2, -0.15) is 17.6 Å². The summed E-state index contributed by atoms with van der Waals surface area (Å²) < 4.78 is 122. The molecule has 19 heteroatoms. The topological polar surface area (TPSA) is 118 Å². The van der Waals surface area contributed by atoms with Crippen molar-refractivity contribution in [3.63, 3.8) is 0 Å². The quantitative estimate of drug-likeness (QED) is 0.0647. The molecule has 1 saturated heterocycles. The minimum absolute atomic E-state index is 0.00501. The molecule has 0 N–H and O–H groups in total. The monoisotopic (exact) mass is 911 g/mol.